The van der Waals surface area contributed by atoms with Crippen molar-refractivity contribution in [2.24, 2.45) is 12.8 Å². The SMILES string of the molecule is Cn1nc(-c2ccc3c(c2F)CCN3C(=O)Cc2cccc(C(F)(F)F)n2)c(C(N)=O)c1N. The van der Waals surface area contributed by atoms with E-state index in [2.05, 4.69) is 10.1 Å². The number of rotatable bonds is 4. The van der Waals surface area contributed by atoms with Gasteiger partial charge in [-0.3, -0.25) is 14.3 Å². The highest BCUT2D eigenvalue weighted by Gasteiger charge is 2.34. The summed E-state index contributed by atoms with van der Waals surface area (Å²) in [5.41, 5.74) is 10.5. The Hall–Kier alpha value is -3.96. The Morgan fingerprint density at radius 3 is 2.58 bits per heavy atom. The number of nitrogen functional groups attached to an aromatic ring is 1. The van der Waals surface area contributed by atoms with E-state index < -0.39 is 29.5 Å². The molecule has 0 fully saturated rings. The molecule has 0 saturated carbocycles. The first-order chi connectivity index (χ1) is 15.5. The van der Waals surface area contributed by atoms with E-state index in [1.54, 1.807) is 0 Å². The third kappa shape index (κ3) is 3.88. The topological polar surface area (TPSA) is 120 Å². The third-order valence-electron chi connectivity index (χ3n) is 5.42. The highest BCUT2D eigenvalue weighted by atomic mass is 19.4. The van der Waals surface area contributed by atoms with Gasteiger partial charge >= 0.3 is 6.18 Å². The van der Waals surface area contributed by atoms with Gasteiger partial charge in [0.05, 0.1) is 12.1 Å². The average molecular weight is 462 g/mol. The van der Waals surface area contributed by atoms with Crippen LogP contribution in [0.25, 0.3) is 11.3 Å². The lowest BCUT2D eigenvalue weighted by molar-refractivity contribution is -0.141. The lowest BCUT2D eigenvalue weighted by Gasteiger charge is -2.18. The van der Waals surface area contributed by atoms with Crippen LogP contribution in [0.5, 0.6) is 0 Å². The zero-order chi connectivity index (χ0) is 24.1. The Kier molecular flexibility index (Phi) is 5.30. The number of aromatic nitrogens is 3. The van der Waals surface area contributed by atoms with E-state index in [9.17, 15) is 22.8 Å². The number of primary amides is 1. The summed E-state index contributed by atoms with van der Waals surface area (Å²) < 4.78 is 55.2. The molecule has 33 heavy (non-hydrogen) atoms. The number of carbonyl (C=O) groups is 2. The number of alkyl halides is 3. The van der Waals surface area contributed by atoms with E-state index in [0.29, 0.717) is 0 Å². The molecule has 4 rings (SSSR count). The number of benzene rings is 1. The zero-order valence-corrected chi connectivity index (χ0v) is 17.3. The number of pyridine rings is 1. The van der Waals surface area contributed by atoms with Gasteiger partial charge < -0.3 is 16.4 Å². The molecule has 3 heterocycles. The molecule has 12 heteroatoms. The van der Waals surface area contributed by atoms with Crippen LogP contribution in [-0.4, -0.2) is 33.1 Å². The molecule has 8 nitrogen and oxygen atoms in total. The van der Waals surface area contributed by atoms with Crippen molar-refractivity contribution >= 4 is 23.3 Å². The van der Waals surface area contributed by atoms with Gasteiger partial charge in [-0.05, 0) is 30.7 Å². The summed E-state index contributed by atoms with van der Waals surface area (Å²) in [5, 5.41) is 4.10. The molecule has 1 aromatic carbocycles. The van der Waals surface area contributed by atoms with Crippen molar-refractivity contribution in [3.63, 3.8) is 0 Å². The summed E-state index contributed by atoms with van der Waals surface area (Å²) in [6, 6.07) is 6.17. The number of amides is 2. The second-order valence-corrected chi connectivity index (χ2v) is 7.51. The number of nitrogens with two attached hydrogens (primary N) is 2. The minimum atomic E-state index is -4.63. The summed E-state index contributed by atoms with van der Waals surface area (Å²) in [7, 11) is 1.48. The molecule has 3 aromatic rings. The van der Waals surface area contributed by atoms with Crippen molar-refractivity contribution in [3.05, 3.63) is 58.7 Å². The van der Waals surface area contributed by atoms with E-state index in [-0.39, 0.29) is 59.0 Å². The van der Waals surface area contributed by atoms with Crippen molar-refractivity contribution in [2.45, 2.75) is 19.0 Å². The van der Waals surface area contributed by atoms with E-state index in [4.69, 9.17) is 11.5 Å². The third-order valence-corrected chi connectivity index (χ3v) is 5.42. The van der Waals surface area contributed by atoms with Gasteiger partial charge in [-0.1, -0.05) is 6.07 Å². The fourth-order valence-electron chi connectivity index (χ4n) is 3.84. The van der Waals surface area contributed by atoms with Crippen LogP contribution in [0, 0.1) is 5.82 Å². The van der Waals surface area contributed by atoms with Crippen LogP contribution in [-0.2, 0) is 30.9 Å². The minimum absolute atomic E-state index is 0.00342. The van der Waals surface area contributed by atoms with Crippen LogP contribution in [0.15, 0.2) is 30.3 Å². The summed E-state index contributed by atoms with van der Waals surface area (Å²) in [5.74, 6) is -2.07. The van der Waals surface area contributed by atoms with Crippen molar-refractivity contribution in [3.8, 4) is 11.3 Å². The number of nitrogens with zero attached hydrogens (tertiary/aromatic N) is 4. The number of anilines is 2. The first-order valence-corrected chi connectivity index (χ1v) is 9.76. The smallest absolute Gasteiger partial charge is 0.383 e. The molecule has 0 saturated heterocycles. The van der Waals surface area contributed by atoms with Crippen LogP contribution in [0.1, 0.15) is 27.3 Å². The van der Waals surface area contributed by atoms with Crippen molar-refractivity contribution in [1.29, 1.82) is 0 Å². The van der Waals surface area contributed by atoms with Gasteiger partial charge in [-0.15, -0.1) is 0 Å². The van der Waals surface area contributed by atoms with Crippen LogP contribution >= 0.6 is 0 Å². The molecule has 0 bridgehead atoms. The number of aryl methyl sites for hydroxylation is 1. The largest absolute Gasteiger partial charge is 0.433 e. The van der Waals surface area contributed by atoms with Crippen LogP contribution in [0.4, 0.5) is 29.1 Å². The molecule has 172 valence electrons. The maximum absolute atomic E-state index is 15.4. The predicted octanol–water partition coefficient (Wildman–Crippen LogP) is 2.45. The number of hydrogen-bond donors (Lipinski definition) is 2. The number of hydrogen-bond acceptors (Lipinski definition) is 5. The molecular formula is C21H18F4N6O2. The fourth-order valence-corrected chi connectivity index (χ4v) is 3.84. The van der Waals surface area contributed by atoms with Crippen molar-refractivity contribution in [1.82, 2.24) is 14.8 Å². The van der Waals surface area contributed by atoms with Crippen molar-refractivity contribution < 1.29 is 27.2 Å². The van der Waals surface area contributed by atoms with Gasteiger partial charge in [0.25, 0.3) is 5.91 Å². The highest BCUT2D eigenvalue weighted by Crippen LogP contribution is 2.37. The lowest BCUT2D eigenvalue weighted by Crippen LogP contribution is -2.30. The molecule has 2 aromatic heterocycles. The highest BCUT2D eigenvalue weighted by molar-refractivity contribution is 6.04. The van der Waals surface area contributed by atoms with E-state index >= 15 is 4.39 Å². The molecule has 4 N–H and O–H groups in total. The average Bonchev–Trinajstić information content (AvgIpc) is 3.30. The van der Waals surface area contributed by atoms with Gasteiger partial charge in [0.15, 0.2) is 0 Å². The monoisotopic (exact) mass is 462 g/mol. The Bertz CT molecular complexity index is 1280. The fraction of sp³-hybridized carbons (Fsp3) is 0.238. The van der Waals surface area contributed by atoms with Crippen molar-refractivity contribution in [2.75, 3.05) is 17.2 Å². The van der Waals surface area contributed by atoms with Gasteiger partial charge in [-0.25, -0.2) is 9.37 Å². The van der Waals surface area contributed by atoms with Gasteiger partial charge in [0, 0.05) is 30.4 Å². The van der Waals surface area contributed by atoms with Crippen LogP contribution < -0.4 is 16.4 Å². The second kappa shape index (κ2) is 7.87. The lowest BCUT2D eigenvalue weighted by atomic mass is 10.0. The van der Waals surface area contributed by atoms with Crippen LogP contribution in [0.3, 0.4) is 0 Å². The summed E-state index contributed by atoms with van der Waals surface area (Å²) in [6.45, 7) is 0.139. The maximum atomic E-state index is 15.4. The normalized spacial score (nSPS) is 13.3. The molecule has 1 aliphatic heterocycles. The molecule has 0 atom stereocenters. The van der Waals surface area contributed by atoms with E-state index in [1.165, 1.54) is 40.9 Å². The number of carbonyl (C=O) groups excluding carboxylic acids is 2. The molecular weight excluding hydrogens is 444 g/mol. The zero-order valence-electron chi connectivity index (χ0n) is 17.3. The first kappa shape index (κ1) is 22.2. The molecule has 1 aliphatic rings. The molecule has 0 spiro atoms. The summed E-state index contributed by atoms with van der Waals surface area (Å²) in [4.78, 5) is 29.4. The Labute approximate surface area is 184 Å². The van der Waals surface area contributed by atoms with Crippen LogP contribution in [0.2, 0.25) is 0 Å². The summed E-state index contributed by atoms with van der Waals surface area (Å²) in [6.07, 6.45) is -4.84. The summed E-state index contributed by atoms with van der Waals surface area (Å²) >= 11 is 0. The first-order valence-electron chi connectivity index (χ1n) is 9.76. The Balaban J connectivity index is 1.64. The number of fused-ring (bicyclic) bond motifs is 1. The molecule has 0 unspecified atom stereocenters. The molecule has 2 amide bonds. The van der Waals surface area contributed by atoms with E-state index in [0.717, 1.165) is 6.07 Å². The number of halogens is 4. The molecule has 0 radical (unpaired) electrons. The van der Waals surface area contributed by atoms with Gasteiger partial charge in [-0.2, -0.15) is 18.3 Å². The van der Waals surface area contributed by atoms with Gasteiger partial charge in [0.2, 0.25) is 5.91 Å². The second-order valence-electron chi connectivity index (χ2n) is 7.51. The predicted molar refractivity (Wildman–Crippen MR) is 111 cm³/mol. The Morgan fingerprint density at radius 2 is 1.91 bits per heavy atom. The molecule has 0 aliphatic carbocycles. The van der Waals surface area contributed by atoms with Gasteiger partial charge in [0.1, 0.15) is 28.6 Å². The maximum Gasteiger partial charge on any atom is 0.433 e. The quantitative estimate of drug-likeness (QED) is 0.577. The standard InChI is InChI=1S/C21H18F4N6O2/c1-30-19(26)16(20(27)33)18(29-30)12-5-6-13-11(17(12)22)7-8-31(13)15(32)9-10-3-2-4-14(28-10)21(23,24)25/h2-6H,7-9,26H2,1H3,(H2,27,33). The minimum Gasteiger partial charge on any atom is -0.383 e. The van der Waals surface area contributed by atoms with E-state index in [1.807, 2.05) is 0 Å². The Morgan fingerprint density at radius 1 is 1.18 bits per heavy atom.